The lowest BCUT2D eigenvalue weighted by Crippen LogP contribution is -2.06. The molecule has 0 aromatic rings. The van der Waals surface area contributed by atoms with E-state index in [-0.39, 0.29) is 5.97 Å². The molecule has 0 aromatic heterocycles. The van der Waals surface area contributed by atoms with Gasteiger partial charge in [0.15, 0.2) is 0 Å². The summed E-state index contributed by atoms with van der Waals surface area (Å²) in [5, 5.41) is 0. The molecular formula is C6H16O2Si3. The summed E-state index contributed by atoms with van der Waals surface area (Å²) in [6.45, 7) is 3.93. The van der Waals surface area contributed by atoms with E-state index in [1.165, 1.54) is 21.9 Å². The Balaban J connectivity index is 3.01. The average molecular weight is 204 g/mol. The number of hydrogen-bond acceptors (Lipinski definition) is 2. The van der Waals surface area contributed by atoms with Crippen LogP contribution >= 0.6 is 0 Å². The Morgan fingerprint density at radius 3 is 3.00 bits per heavy atom. The van der Waals surface area contributed by atoms with Crippen molar-refractivity contribution in [1.82, 2.24) is 0 Å². The first-order valence-electron chi connectivity index (χ1n) is 4.10. The van der Waals surface area contributed by atoms with Gasteiger partial charge in [-0.3, -0.25) is 0 Å². The van der Waals surface area contributed by atoms with E-state index < -0.39 is 0 Å². The van der Waals surface area contributed by atoms with Gasteiger partial charge in [0.2, 0.25) is 0 Å². The van der Waals surface area contributed by atoms with Crippen LogP contribution in [0.3, 0.4) is 0 Å². The Morgan fingerprint density at radius 1 is 1.73 bits per heavy atom. The van der Waals surface area contributed by atoms with Gasteiger partial charge in [-0.1, -0.05) is 12.6 Å². The number of carbonyl (C=O) groups is 1. The summed E-state index contributed by atoms with van der Waals surface area (Å²) in [5.41, 5.74) is 0. The summed E-state index contributed by atoms with van der Waals surface area (Å²) in [6.07, 6.45) is 2.31. The van der Waals surface area contributed by atoms with Crippen LogP contribution in [0.4, 0.5) is 0 Å². The standard InChI is InChI=1S/C6H16O2Si3/c1-2-6(7)8-4-3-5-10-11-9/h2H,1,3-5,10-11H2,9H3. The smallest absolute Gasteiger partial charge is 0.330 e. The van der Waals surface area contributed by atoms with Crippen molar-refractivity contribution >= 4 is 33.3 Å². The van der Waals surface area contributed by atoms with Gasteiger partial charge in [-0.25, -0.2) is 4.79 Å². The van der Waals surface area contributed by atoms with Crippen molar-refractivity contribution in [2.75, 3.05) is 6.61 Å². The van der Waals surface area contributed by atoms with E-state index in [1.807, 2.05) is 0 Å². The lowest BCUT2D eigenvalue weighted by atomic mass is 10.5. The predicted octanol–water partition coefficient (Wildman–Crippen LogP) is -1.94. The highest BCUT2D eigenvalue weighted by molar-refractivity contribution is 7.23. The Hall–Kier alpha value is -0.139. The van der Waals surface area contributed by atoms with E-state index in [4.69, 9.17) is 4.74 Å². The molecule has 2 nitrogen and oxygen atoms in total. The van der Waals surface area contributed by atoms with Crippen LogP contribution in [-0.2, 0) is 9.53 Å². The summed E-state index contributed by atoms with van der Waals surface area (Å²) in [5.74, 6) is -0.283. The van der Waals surface area contributed by atoms with Gasteiger partial charge in [0.05, 0.1) is 6.61 Å². The van der Waals surface area contributed by atoms with E-state index in [2.05, 4.69) is 6.58 Å². The maximum absolute atomic E-state index is 10.5. The first kappa shape index (κ1) is 10.9. The third-order valence-corrected chi connectivity index (χ3v) is 13.1. The molecule has 64 valence electrons. The van der Waals surface area contributed by atoms with Crippen molar-refractivity contribution in [2.24, 2.45) is 0 Å². The minimum absolute atomic E-state index is 0.283. The normalized spacial score (nSPS) is 11.6. The second-order valence-corrected chi connectivity index (χ2v) is 19.0. The molecule has 0 bridgehead atoms. The first-order valence-corrected chi connectivity index (χ1v) is 14.8. The van der Waals surface area contributed by atoms with Gasteiger partial charge in [0.1, 0.15) is 0 Å². The van der Waals surface area contributed by atoms with Gasteiger partial charge >= 0.3 is 5.97 Å². The zero-order valence-corrected chi connectivity index (χ0v) is 12.0. The monoisotopic (exact) mass is 204 g/mol. The molecular weight excluding hydrogens is 188 g/mol. The predicted molar refractivity (Wildman–Crippen MR) is 57.6 cm³/mol. The Bertz CT molecular complexity index is 127. The molecule has 0 unspecified atom stereocenters. The molecule has 0 saturated carbocycles. The fourth-order valence-electron chi connectivity index (χ4n) is 0.761. The van der Waals surface area contributed by atoms with Crippen molar-refractivity contribution in [1.29, 1.82) is 0 Å². The maximum atomic E-state index is 10.5. The SMILES string of the molecule is C=CC(=O)OCCC[SiH2][SiH2][SiH3]. The summed E-state index contributed by atoms with van der Waals surface area (Å²) >= 11 is 0. The molecule has 0 N–H and O–H groups in total. The Kier molecular flexibility index (Phi) is 7.86. The summed E-state index contributed by atoms with van der Waals surface area (Å²) in [4.78, 5) is 10.5. The molecule has 0 spiro atoms. The highest BCUT2D eigenvalue weighted by Crippen LogP contribution is 1.89. The molecule has 0 aromatic carbocycles. The number of hydrogen-bond donors (Lipinski definition) is 0. The van der Waals surface area contributed by atoms with Crippen molar-refractivity contribution < 1.29 is 9.53 Å². The minimum atomic E-state index is -0.283. The van der Waals surface area contributed by atoms with Crippen molar-refractivity contribution in [3.05, 3.63) is 12.7 Å². The van der Waals surface area contributed by atoms with Crippen LogP contribution in [0.15, 0.2) is 12.7 Å². The molecule has 0 radical (unpaired) electrons. The summed E-state index contributed by atoms with van der Waals surface area (Å²) < 4.78 is 4.83. The third kappa shape index (κ3) is 7.76. The first-order chi connectivity index (χ1) is 5.31. The van der Waals surface area contributed by atoms with Crippen molar-refractivity contribution in [3.63, 3.8) is 0 Å². The van der Waals surface area contributed by atoms with Crippen LogP contribution < -0.4 is 0 Å². The van der Waals surface area contributed by atoms with E-state index >= 15 is 0 Å². The van der Waals surface area contributed by atoms with E-state index in [0.717, 1.165) is 6.42 Å². The molecule has 0 atom stereocenters. The summed E-state index contributed by atoms with van der Waals surface area (Å²) in [7, 11) is 2.31. The maximum Gasteiger partial charge on any atom is 0.330 e. The topological polar surface area (TPSA) is 26.3 Å². The minimum Gasteiger partial charge on any atom is -0.463 e. The molecule has 0 aliphatic carbocycles. The lowest BCUT2D eigenvalue weighted by molar-refractivity contribution is -0.137. The molecule has 0 aliphatic rings. The van der Waals surface area contributed by atoms with Crippen LogP contribution in [0.2, 0.25) is 6.04 Å². The molecule has 0 saturated heterocycles. The van der Waals surface area contributed by atoms with Gasteiger partial charge in [0.25, 0.3) is 0 Å². The average Bonchev–Trinajstić information content (AvgIpc) is 2.04. The molecule has 0 aliphatic heterocycles. The zero-order valence-electron chi connectivity index (χ0n) is 7.14. The molecule has 0 rings (SSSR count). The largest absolute Gasteiger partial charge is 0.463 e. The van der Waals surface area contributed by atoms with Crippen molar-refractivity contribution in [2.45, 2.75) is 12.5 Å². The molecule has 0 amide bonds. The highest BCUT2D eigenvalue weighted by Gasteiger charge is 1.93. The van der Waals surface area contributed by atoms with E-state index in [9.17, 15) is 4.79 Å². The van der Waals surface area contributed by atoms with Crippen LogP contribution in [0.1, 0.15) is 6.42 Å². The summed E-state index contributed by atoms with van der Waals surface area (Å²) in [6, 6.07) is 1.38. The second kappa shape index (κ2) is 7.96. The second-order valence-electron chi connectivity index (χ2n) is 2.43. The molecule has 0 fully saturated rings. The van der Waals surface area contributed by atoms with Crippen LogP contribution in [0.25, 0.3) is 0 Å². The van der Waals surface area contributed by atoms with Gasteiger partial charge in [0, 0.05) is 15.1 Å². The third-order valence-electron chi connectivity index (χ3n) is 1.41. The zero-order chi connectivity index (χ0) is 8.53. The number of esters is 1. The van der Waals surface area contributed by atoms with Crippen LogP contribution in [0.5, 0.6) is 0 Å². The fourth-order valence-corrected chi connectivity index (χ4v) is 8.88. The lowest BCUT2D eigenvalue weighted by Gasteiger charge is -1.99. The van der Waals surface area contributed by atoms with E-state index in [1.54, 1.807) is 0 Å². The van der Waals surface area contributed by atoms with Gasteiger partial charge in [-0.05, 0) is 24.7 Å². The van der Waals surface area contributed by atoms with Gasteiger partial charge in [-0.2, -0.15) is 0 Å². The Morgan fingerprint density at radius 2 is 2.45 bits per heavy atom. The van der Waals surface area contributed by atoms with E-state index in [0.29, 0.717) is 24.2 Å². The molecule has 0 heterocycles. The van der Waals surface area contributed by atoms with Gasteiger partial charge < -0.3 is 4.74 Å². The van der Waals surface area contributed by atoms with Crippen molar-refractivity contribution in [3.8, 4) is 0 Å². The molecule has 11 heavy (non-hydrogen) atoms. The number of ether oxygens (including phenoxy) is 1. The molecule has 5 heteroatoms. The number of rotatable bonds is 6. The van der Waals surface area contributed by atoms with Gasteiger partial charge in [-0.15, -0.1) is 0 Å². The highest BCUT2D eigenvalue weighted by atomic mass is 29.5. The van der Waals surface area contributed by atoms with Crippen LogP contribution in [0, 0.1) is 0 Å². The van der Waals surface area contributed by atoms with Crippen LogP contribution in [-0.4, -0.2) is 39.9 Å². The fraction of sp³-hybridized carbons (Fsp3) is 0.500. The quantitative estimate of drug-likeness (QED) is 0.218. The number of carbonyl (C=O) groups excluding carboxylic acids is 1. The Labute approximate surface area is 75.0 Å².